The number of aromatic nitrogens is 1. The first-order valence-corrected chi connectivity index (χ1v) is 6.52. The molecule has 1 aromatic carbocycles. The summed E-state index contributed by atoms with van der Waals surface area (Å²) in [5.41, 5.74) is 3.08. The number of nitrogens with zero attached hydrogens (tertiary/aromatic N) is 1. The third kappa shape index (κ3) is 2.66. The Morgan fingerprint density at radius 1 is 1.29 bits per heavy atom. The topological polar surface area (TPSA) is 86.3 Å². The van der Waals surface area contributed by atoms with Gasteiger partial charge >= 0.3 is 0 Å². The molecule has 6 nitrogen and oxygen atoms in total. The molecule has 2 rings (SSSR count). The molecule has 0 unspecified atom stereocenters. The van der Waals surface area contributed by atoms with E-state index in [9.17, 15) is 9.59 Å². The lowest BCUT2D eigenvalue weighted by molar-refractivity contribution is 0.0951. The van der Waals surface area contributed by atoms with Gasteiger partial charge in [-0.25, -0.2) is 5.84 Å². The Morgan fingerprint density at radius 3 is 2.62 bits per heavy atom. The molecule has 0 saturated heterocycles. The maximum absolute atomic E-state index is 12.4. The predicted molar refractivity (Wildman–Crippen MR) is 80.0 cm³/mol. The molecule has 3 N–H and O–H groups in total. The molecule has 0 atom stereocenters. The quantitative estimate of drug-likeness (QED) is 0.502. The van der Waals surface area contributed by atoms with Crippen LogP contribution in [0.15, 0.2) is 41.2 Å². The number of carbonyl (C=O) groups excluding carboxylic acids is 1. The van der Waals surface area contributed by atoms with Crippen molar-refractivity contribution in [1.82, 2.24) is 9.99 Å². The van der Waals surface area contributed by atoms with E-state index in [0.29, 0.717) is 18.0 Å². The number of para-hydroxylation sites is 1. The molecule has 6 heteroatoms. The van der Waals surface area contributed by atoms with Crippen molar-refractivity contribution >= 4 is 5.91 Å². The van der Waals surface area contributed by atoms with Crippen LogP contribution in [0.1, 0.15) is 17.3 Å². The molecular weight excluding hydrogens is 270 g/mol. The summed E-state index contributed by atoms with van der Waals surface area (Å²) in [7, 11) is 1.57. The third-order valence-electron chi connectivity index (χ3n) is 3.25. The molecular formula is C15H17N3O3. The molecule has 1 heterocycles. The second-order valence-corrected chi connectivity index (χ2v) is 4.36. The minimum atomic E-state index is -0.603. The van der Waals surface area contributed by atoms with Gasteiger partial charge < -0.3 is 9.30 Å². The van der Waals surface area contributed by atoms with Crippen molar-refractivity contribution in [1.29, 1.82) is 0 Å². The molecule has 0 spiro atoms. The number of nitrogens with one attached hydrogen (secondary N) is 1. The summed E-state index contributed by atoms with van der Waals surface area (Å²) in [6, 6.07) is 10.6. The van der Waals surface area contributed by atoms with E-state index in [-0.39, 0.29) is 11.1 Å². The zero-order valence-corrected chi connectivity index (χ0v) is 11.9. The van der Waals surface area contributed by atoms with E-state index in [1.807, 2.05) is 36.6 Å². The summed E-state index contributed by atoms with van der Waals surface area (Å²) in [6.45, 7) is 2.27. The van der Waals surface area contributed by atoms with Crippen molar-refractivity contribution in [3.63, 3.8) is 0 Å². The minimum absolute atomic E-state index is 0.0120. The summed E-state index contributed by atoms with van der Waals surface area (Å²) in [6.07, 6.45) is 0. The van der Waals surface area contributed by atoms with E-state index in [1.54, 1.807) is 13.2 Å². The highest BCUT2D eigenvalue weighted by molar-refractivity contribution is 5.93. The lowest BCUT2D eigenvalue weighted by Gasteiger charge is -2.15. The van der Waals surface area contributed by atoms with Crippen LogP contribution in [0.4, 0.5) is 0 Å². The smallest absolute Gasteiger partial charge is 0.270 e. The highest BCUT2D eigenvalue weighted by atomic mass is 16.5. The maximum Gasteiger partial charge on any atom is 0.270 e. The van der Waals surface area contributed by atoms with E-state index in [1.165, 1.54) is 10.6 Å². The number of pyridine rings is 1. The van der Waals surface area contributed by atoms with Crippen LogP contribution < -0.4 is 21.6 Å². The van der Waals surface area contributed by atoms with Gasteiger partial charge in [0.25, 0.3) is 11.5 Å². The van der Waals surface area contributed by atoms with E-state index in [0.717, 1.165) is 5.56 Å². The SMILES string of the molecule is CCn1c(-c2ccccc2OC)ccc(C(=O)NN)c1=O. The number of benzene rings is 1. The summed E-state index contributed by atoms with van der Waals surface area (Å²) in [4.78, 5) is 24.0. The normalized spacial score (nSPS) is 10.2. The van der Waals surface area contributed by atoms with Crippen LogP contribution in [-0.2, 0) is 6.54 Å². The zero-order valence-electron chi connectivity index (χ0n) is 11.9. The molecule has 0 saturated carbocycles. The Morgan fingerprint density at radius 2 is 2.00 bits per heavy atom. The van der Waals surface area contributed by atoms with Gasteiger partial charge in [-0.1, -0.05) is 12.1 Å². The lowest BCUT2D eigenvalue weighted by Crippen LogP contribution is -2.36. The molecule has 1 amide bonds. The van der Waals surface area contributed by atoms with Gasteiger partial charge in [0.2, 0.25) is 0 Å². The highest BCUT2D eigenvalue weighted by Gasteiger charge is 2.16. The number of nitrogen functional groups attached to an aromatic ring is 1. The van der Waals surface area contributed by atoms with Gasteiger partial charge in [-0.3, -0.25) is 15.0 Å². The van der Waals surface area contributed by atoms with Gasteiger partial charge in [0.05, 0.1) is 12.8 Å². The Kier molecular flexibility index (Phi) is 4.39. The molecule has 0 bridgehead atoms. The van der Waals surface area contributed by atoms with Crippen LogP contribution in [-0.4, -0.2) is 17.6 Å². The van der Waals surface area contributed by atoms with Gasteiger partial charge in [-0.15, -0.1) is 0 Å². The Hall–Kier alpha value is -2.60. The fraction of sp³-hybridized carbons (Fsp3) is 0.200. The Bertz CT molecular complexity index is 722. The molecule has 2 aromatic rings. The van der Waals surface area contributed by atoms with Crippen LogP contribution in [0.3, 0.4) is 0 Å². The number of nitrogens with two attached hydrogens (primary N) is 1. The van der Waals surface area contributed by atoms with Gasteiger partial charge in [0.15, 0.2) is 0 Å². The Balaban J connectivity index is 2.69. The van der Waals surface area contributed by atoms with Crippen LogP contribution in [0, 0.1) is 0 Å². The molecule has 0 aliphatic heterocycles. The average molecular weight is 287 g/mol. The van der Waals surface area contributed by atoms with Crippen molar-refractivity contribution in [3.05, 3.63) is 52.3 Å². The van der Waals surface area contributed by atoms with Crippen LogP contribution in [0.2, 0.25) is 0 Å². The second kappa shape index (κ2) is 6.23. The fourth-order valence-corrected chi connectivity index (χ4v) is 2.23. The standard InChI is InChI=1S/C15H17N3O3/c1-3-18-12(10-6-4-5-7-13(10)21-2)9-8-11(15(18)20)14(19)17-16/h4-9H,3,16H2,1-2H3,(H,17,19). The number of hydrazine groups is 1. The minimum Gasteiger partial charge on any atom is -0.496 e. The van der Waals surface area contributed by atoms with E-state index in [4.69, 9.17) is 10.6 Å². The van der Waals surface area contributed by atoms with Crippen molar-refractivity contribution in [2.24, 2.45) is 5.84 Å². The van der Waals surface area contributed by atoms with Gasteiger partial charge in [-0.2, -0.15) is 0 Å². The molecule has 21 heavy (non-hydrogen) atoms. The van der Waals surface area contributed by atoms with E-state index < -0.39 is 5.91 Å². The summed E-state index contributed by atoms with van der Waals surface area (Å²) in [5.74, 6) is 5.15. The van der Waals surface area contributed by atoms with Gasteiger partial charge in [0, 0.05) is 12.1 Å². The average Bonchev–Trinajstić information content (AvgIpc) is 2.53. The first-order chi connectivity index (χ1) is 10.1. The lowest BCUT2D eigenvalue weighted by atomic mass is 10.1. The first kappa shape index (κ1) is 14.8. The highest BCUT2D eigenvalue weighted by Crippen LogP contribution is 2.28. The Labute approximate surface area is 122 Å². The summed E-state index contributed by atoms with van der Waals surface area (Å²) < 4.78 is 6.84. The van der Waals surface area contributed by atoms with E-state index in [2.05, 4.69) is 0 Å². The van der Waals surface area contributed by atoms with Crippen molar-refractivity contribution in [3.8, 4) is 17.0 Å². The number of amides is 1. The zero-order chi connectivity index (χ0) is 15.4. The largest absolute Gasteiger partial charge is 0.496 e. The number of rotatable bonds is 4. The first-order valence-electron chi connectivity index (χ1n) is 6.52. The monoisotopic (exact) mass is 287 g/mol. The van der Waals surface area contributed by atoms with Crippen LogP contribution >= 0.6 is 0 Å². The van der Waals surface area contributed by atoms with Gasteiger partial charge in [0.1, 0.15) is 11.3 Å². The van der Waals surface area contributed by atoms with Gasteiger partial charge in [-0.05, 0) is 31.2 Å². The number of methoxy groups -OCH3 is 1. The molecule has 110 valence electrons. The number of hydrogen-bond acceptors (Lipinski definition) is 4. The van der Waals surface area contributed by atoms with E-state index >= 15 is 0 Å². The second-order valence-electron chi connectivity index (χ2n) is 4.36. The third-order valence-corrected chi connectivity index (χ3v) is 3.25. The summed E-state index contributed by atoms with van der Waals surface area (Å²) in [5, 5.41) is 0. The molecule has 0 fully saturated rings. The number of ether oxygens (including phenoxy) is 1. The number of hydrogen-bond donors (Lipinski definition) is 2. The fourth-order valence-electron chi connectivity index (χ4n) is 2.23. The van der Waals surface area contributed by atoms with Crippen LogP contribution in [0.5, 0.6) is 5.75 Å². The van der Waals surface area contributed by atoms with Crippen molar-refractivity contribution in [2.75, 3.05) is 7.11 Å². The summed E-state index contributed by atoms with van der Waals surface area (Å²) >= 11 is 0. The van der Waals surface area contributed by atoms with Crippen molar-refractivity contribution < 1.29 is 9.53 Å². The number of carbonyl (C=O) groups is 1. The molecule has 0 aliphatic carbocycles. The maximum atomic E-state index is 12.4. The predicted octanol–water partition coefficient (Wildman–Crippen LogP) is 1.15. The van der Waals surface area contributed by atoms with Crippen molar-refractivity contribution in [2.45, 2.75) is 13.5 Å². The van der Waals surface area contributed by atoms with Crippen LogP contribution in [0.25, 0.3) is 11.3 Å². The molecule has 0 aliphatic rings. The molecule has 1 aromatic heterocycles. The molecule has 0 radical (unpaired) electrons.